The Bertz CT molecular complexity index is 1230. The second-order valence-electron chi connectivity index (χ2n) is 8.00. The van der Waals surface area contributed by atoms with Gasteiger partial charge in [0.05, 0.1) is 38.4 Å². The summed E-state index contributed by atoms with van der Waals surface area (Å²) >= 11 is 6.33. The van der Waals surface area contributed by atoms with Crippen LogP contribution in [0.1, 0.15) is 28.3 Å². The molecule has 178 valence electrons. The number of phenols is 1. The van der Waals surface area contributed by atoms with Gasteiger partial charge in [-0.3, -0.25) is 15.0 Å². The Hall–Kier alpha value is -3.49. The van der Waals surface area contributed by atoms with E-state index in [1.807, 2.05) is 36.4 Å². The molecule has 0 unspecified atom stereocenters. The van der Waals surface area contributed by atoms with Gasteiger partial charge in [0.25, 0.3) is 5.69 Å². The van der Waals surface area contributed by atoms with Crippen LogP contribution in [0.4, 0.5) is 5.69 Å². The highest BCUT2D eigenvalue weighted by Crippen LogP contribution is 2.43. The van der Waals surface area contributed by atoms with Gasteiger partial charge in [0.15, 0.2) is 23.0 Å². The first-order valence-electron chi connectivity index (χ1n) is 10.6. The van der Waals surface area contributed by atoms with Gasteiger partial charge in [-0.25, -0.2) is 0 Å². The lowest BCUT2D eigenvalue weighted by Crippen LogP contribution is -2.35. The van der Waals surface area contributed by atoms with E-state index in [4.69, 9.17) is 25.8 Å². The molecule has 34 heavy (non-hydrogen) atoms. The zero-order valence-corrected chi connectivity index (χ0v) is 19.8. The summed E-state index contributed by atoms with van der Waals surface area (Å²) < 4.78 is 16.2. The van der Waals surface area contributed by atoms with Crippen molar-refractivity contribution in [2.24, 2.45) is 0 Å². The van der Waals surface area contributed by atoms with E-state index in [9.17, 15) is 15.2 Å². The minimum absolute atomic E-state index is 0.0623. The van der Waals surface area contributed by atoms with Gasteiger partial charge in [-0.2, -0.15) is 0 Å². The van der Waals surface area contributed by atoms with E-state index in [1.165, 1.54) is 19.2 Å². The van der Waals surface area contributed by atoms with Gasteiger partial charge in [-0.05, 0) is 47.4 Å². The van der Waals surface area contributed by atoms with Crippen LogP contribution >= 0.6 is 11.6 Å². The predicted molar refractivity (Wildman–Crippen MR) is 128 cm³/mol. The maximum absolute atomic E-state index is 11.5. The third-order valence-electron chi connectivity index (χ3n) is 6.08. The van der Waals surface area contributed by atoms with E-state index < -0.39 is 4.92 Å². The van der Waals surface area contributed by atoms with Crippen molar-refractivity contribution in [2.75, 3.05) is 27.9 Å². The van der Waals surface area contributed by atoms with Crippen molar-refractivity contribution in [2.45, 2.75) is 19.0 Å². The fourth-order valence-corrected chi connectivity index (χ4v) is 4.68. The zero-order valence-electron chi connectivity index (χ0n) is 19.1. The van der Waals surface area contributed by atoms with Crippen LogP contribution < -0.4 is 14.2 Å². The number of nitro groups is 1. The number of hydrogen-bond acceptors (Lipinski definition) is 7. The maximum Gasteiger partial charge on any atom is 0.273 e. The monoisotopic (exact) mass is 484 g/mol. The molecule has 0 saturated heterocycles. The highest BCUT2D eigenvalue weighted by Gasteiger charge is 2.32. The zero-order chi connectivity index (χ0) is 24.4. The fraction of sp³-hybridized carbons (Fsp3) is 0.280. The van der Waals surface area contributed by atoms with E-state index >= 15 is 0 Å². The number of hydrogen-bond donors (Lipinski definition) is 1. The van der Waals surface area contributed by atoms with Gasteiger partial charge >= 0.3 is 0 Å². The lowest BCUT2D eigenvalue weighted by atomic mass is 9.87. The molecule has 0 saturated carbocycles. The number of non-ortho nitro benzene ring substituents is 1. The summed E-state index contributed by atoms with van der Waals surface area (Å²) in [5, 5.41) is 22.8. The molecule has 0 fully saturated rings. The first-order valence-corrected chi connectivity index (χ1v) is 11.0. The van der Waals surface area contributed by atoms with Crippen molar-refractivity contribution >= 4 is 17.3 Å². The summed E-state index contributed by atoms with van der Waals surface area (Å²) in [6.07, 6.45) is 0.722. The van der Waals surface area contributed by atoms with Crippen molar-refractivity contribution in [1.29, 1.82) is 0 Å². The van der Waals surface area contributed by atoms with E-state index in [1.54, 1.807) is 14.2 Å². The summed E-state index contributed by atoms with van der Waals surface area (Å²) in [6, 6.07) is 13.9. The van der Waals surface area contributed by atoms with E-state index in [2.05, 4.69) is 4.90 Å². The van der Waals surface area contributed by atoms with Crippen LogP contribution in [0.5, 0.6) is 23.0 Å². The highest BCUT2D eigenvalue weighted by atomic mass is 35.5. The van der Waals surface area contributed by atoms with Gasteiger partial charge in [0, 0.05) is 29.7 Å². The molecular formula is C25H25ClN2O6. The molecule has 0 amide bonds. The Labute approximate surface area is 202 Å². The Kier molecular flexibility index (Phi) is 6.81. The number of nitrogens with zero attached hydrogens (tertiary/aromatic N) is 2. The summed E-state index contributed by atoms with van der Waals surface area (Å²) in [6.45, 7) is 0.902. The second kappa shape index (κ2) is 9.79. The summed E-state index contributed by atoms with van der Waals surface area (Å²) in [5.74, 6) is 1.21. The number of halogens is 1. The SMILES string of the molecule is COc1cc2c(cc1OC)[C@H](c1cccc(Cl)c1)N(Cc1cc([N+](=O)[O-])cc(OC)c1O)CC2. The molecule has 0 spiro atoms. The molecule has 8 nitrogen and oxygen atoms in total. The Morgan fingerprint density at radius 2 is 1.76 bits per heavy atom. The Morgan fingerprint density at radius 3 is 2.41 bits per heavy atom. The first-order chi connectivity index (χ1) is 16.4. The molecule has 0 aromatic heterocycles. The van der Waals surface area contributed by atoms with Crippen LogP contribution in [0.3, 0.4) is 0 Å². The van der Waals surface area contributed by atoms with Gasteiger partial charge in [-0.1, -0.05) is 23.7 Å². The van der Waals surface area contributed by atoms with E-state index in [-0.39, 0.29) is 29.8 Å². The Balaban J connectivity index is 1.83. The fourth-order valence-electron chi connectivity index (χ4n) is 4.48. The number of rotatable bonds is 7. The molecule has 3 aromatic carbocycles. The minimum atomic E-state index is -0.497. The van der Waals surface area contributed by atoms with Crippen molar-refractivity contribution in [3.63, 3.8) is 0 Å². The molecule has 4 rings (SSSR count). The third kappa shape index (κ3) is 4.47. The van der Waals surface area contributed by atoms with Crippen molar-refractivity contribution in [3.05, 3.63) is 85.9 Å². The van der Waals surface area contributed by atoms with Crippen LogP contribution in [0, 0.1) is 10.1 Å². The van der Waals surface area contributed by atoms with Crippen LogP contribution in [0.15, 0.2) is 48.5 Å². The number of nitro benzene ring substituents is 1. The largest absolute Gasteiger partial charge is 0.504 e. The molecule has 1 heterocycles. The number of benzene rings is 3. The quantitative estimate of drug-likeness (QED) is 0.367. The summed E-state index contributed by atoms with van der Waals surface area (Å²) in [7, 11) is 4.56. The smallest absolute Gasteiger partial charge is 0.273 e. The lowest BCUT2D eigenvalue weighted by Gasteiger charge is -2.38. The van der Waals surface area contributed by atoms with Crippen LogP contribution in [0.2, 0.25) is 5.02 Å². The number of aromatic hydroxyl groups is 1. The number of fused-ring (bicyclic) bond motifs is 1. The average molecular weight is 485 g/mol. The van der Waals surface area contributed by atoms with Crippen molar-refractivity contribution in [3.8, 4) is 23.0 Å². The van der Waals surface area contributed by atoms with Gasteiger partial charge in [-0.15, -0.1) is 0 Å². The minimum Gasteiger partial charge on any atom is -0.504 e. The molecular weight excluding hydrogens is 460 g/mol. The molecule has 1 atom stereocenters. The molecule has 3 aromatic rings. The standard InChI is InChI=1S/C25H25ClN2O6/c1-32-21-11-15-7-8-27(14-17-10-19(28(30)31)12-23(34-3)25(17)29)24(20(15)13-22(21)33-2)16-5-4-6-18(26)9-16/h4-6,9-13,24,29H,7-8,14H2,1-3H3/t24-/m0/s1. The molecule has 0 bridgehead atoms. The lowest BCUT2D eigenvalue weighted by molar-refractivity contribution is -0.385. The van der Waals surface area contributed by atoms with E-state index in [0.29, 0.717) is 28.6 Å². The molecule has 9 heteroatoms. The van der Waals surface area contributed by atoms with Crippen molar-refractivity contribution < 1.29 is 24.2 Å². The average Bonchev–Trinajstić information content (AvgIpc) is 2.83. The van der Waals surface area contributed by atoms with E-state index in [0.717, 1.165) is 23.1 Å². The second-order valence-corrected chi connectivity index (χ2v) is 8.43. The molecule has 1 N–H and O–H groups in total. The topological polar surface area (TPSA) is 94.3 Å². The van der Waals surface area contributed by atoms with Gasteiger partial charge in [0.2, 0.25) is 0 Å². The number of phenolic OH excluding ortho intramolecular Hbond substituents is 1. The number of methoxy groups -OCH3 is 3. The highest BCUT2D eigenvalue weighted by molar-refractivity contribution is 6.30. The van der Waals surface area contributed by atoms with Crippen LogP contribution in [0.25, 0.3) is 0 Å². The third-order valence-corrected chi connectivity index (χ3v) is 6.32. The molecule has 1 aliphatic heterocycles. The van der Waals surface area contributed by atoms with Crippen LogP contribution in [-0.2, 0) is 13.0 Å². The normalized spacial score (nSPS) is 15.5. The molecule has 0 radical (unpaired) electrons. The summed E-state index contributed by atoms with van der Waals surface area (Å²) in [5.41, 5.74) is 3.34. The maximum atomic E-state index is 11.5. The van der Waals surface area contributed by atoms with Gasteiger partial charge in [0.1, 0.15) is 0 Å². The Morgan fingerprint density at radius 1 is 1.06 bits per heavy atom. The first kappa shape index (κ1) is 23.7. The summed E-state index contributed by atoms with van der Waals surface area (Å²) in [4.78, 5) is 13.1. The number of ether oxygens (including phenoxy) is 3. The van der Waals surface area contributed by atoms with Crippen LogP contribution in [-0.4, -0.2) is 42.8 Å². The molecule has 0 aliphatic carbocycles. The molecule has 1 aliphatic rings. The predicted octanol–water partition coefficient (Wildman–Crippen LogP) is 5.13. The van der Waals surface area contributed by atoms with Gasteiger partial charge < -0.3 is 19.3 Å². The van der Waals surface area contributed by atoms with Crippen molar-refractivity contribution in [1.82, 2.24) is 4.90 Å².